The fraction of sp³-hybridized carbons (Fsp3) is 0.200. The predicted octanol–water partition coefficient (Wildman–Crippen LogP) is 4.72. The quantitative estimate of drug-likeness (QED) is 0.547. The molecule has 0 saturated heterocycles. The lowest BCUT2D eigenvalue weighted by Gasteiger charge is -2.04. The van der Waals surface area contributed by atoms with Crippen molar-refractivity contribution in [3.05, 3.63) is 59.9 Å². The Morgan fingerprint density at radius 3 is 3.00 bits per heavy atom. The summed E-state index contributed by atoms with van der Waals surface area (Å²) < 4.78 is 18.7. The van der Waals surface area contributed by atoms with E-state index in [2.05, 4.69) is 15.3 Å². The Bertz CT molecular complexity index is 1100. The molecule has 0 atom stereocenters. The first-order chi connectivity index (χ1) is 12.6. The highest BCUT2D eigenvalue weighted by molar-refractivity contribution is 5.93. The number of anilines is 1. The first kappa shape index (κ1) is 16.3. The summed E-state index contributed by atoms with van der Waals surface area (Å²) in [5, 5.41) is 3.87. The molecule has 2 aromatic heterocycles. The van der Waals surface area contributed by atoms with E-state index in [0.29, 0.717) is 24.8 Å². The maximum Gasteiger partial charge on any atom is 0.224 e. The number of aromatic nitrogens is 2. The molecule has 1 amide bonds. The first-order valence-corrected chi connectivity index (χ1v) is 8.51. The second-order valence-electron chi connectivity index (χ2n) is 6.36. The molecule has 0 aliphatic carbocycles. The standard InChI is InChI=1S/C20H18FN3O2/c1-12-9-13-10-15(6-8-18(13)26-12)22-20(25)4-2-3-19-23-16-7-5-14(21)11-17(16)24-19/h5-11H,2-4H2,1H3,(H,22,25)(H,23,24). The Hall–Kier alpha value is -3.15. The van der Waals surface area contributed by atoms with Gasteiger partial charge in [-0.1, -0.05) is 0 Å². The second kappa shape index (κ2) is 6.63. The number of rotatable bonds is 5. The van der Waals surface area contributed by atoms with Gasteiger partial charge in [0.1, 0.15) is 23.0 Å². The van der Waals surface area contributed by atoms with E-state index in [9.17, 15) is 9.18 Å². The Labute approximate surface area is 149 Å². The fourth-order valence-electron chi connectivity index (χ4n) is 3.05. The third-order valence-electron chi connectivity index (χ3n) is 4.23. The van der Waals surface area contributed by atoms with Crippen LogP contribution in [0.25, 0.3) is 22.0 Å². The lowest BCUT2D eigenvalue weighted by atomic mass is 10.2. The van der Waals surface area contributed by atoms with Crippen LogP contribution in [0.1, 0.15) is 24.4 Å². The zero-order valence-corrected chi connectivity index (χ0v) is 14.3. The number of aromatic amines is 1. The predicted molar refractivity (Wildman–Crippen MR) is 98.6 cm³/mol. The molecule has 4 rings (SSSR count). The van der Waals surface area contributed by atoms with Crippen LogP contribution in [0, 0.1) is 12.7 Å². The van der Waals surface area contributed by atoms with Gasteiger partial charge in [-0.2, -0.15) is 0 Å². The average Bonchev–Trinajstić information content (AvgIpc) is 3.15. The van der Waals surface area contributed by atoms with Gasteiger partial charge in [-0.15, -0.1) is 0 Å². The number of aryl methyl sites for hydroxylation is 2. The Morgan fingerprint density at radius 2 is 2.12 bits per heavy atom. The Kier molecular flexibility index (Phi) is 4.16. The topological polar surface area (TPSA) is 70.9 Å². The number of nitrogens with one attached hydrogen (secondary N) is 2. The normalized spacial score (nSPS) is 11.3. The molecule has 2 aromatic carbocycles. The van der Waals surface area contributed by atoms with Gasteiger partial charge in [0.25, 0.3) is 0 Å². The van der Waals surface area contributed by atoms with Gasteiger partial charge in [0.15, 0.2) is 0 Å². The van der Waals surface area contributed by atoms with Gasteiger partial charge in [-0.05, 0) is 55.8 Å². The van der Waals surface area contributed by atoms with Crippen molar-refractivity contribution in [2.75, 3.05) is 5.32 Å². The zero-order chi connectivity index (χ0) is 18.1. The van der Waals surface area contributed by atoms with Crippen LogP contribution in [-0.4, -0.2) is 15.9 Å². The summed E-state index contributed by atoms with van der Waals surface area (Å²) in [6.07, 6.45) is 1.67. The molecule has 5 nitrogen and oxygen atoms in total. The molecule has 6 heteroatoms. The van der Waals surface area contributed by atoms with Crippen molar-refractivity contribution in [2.24, 2.45) is 0 Å². The van der Waals surface area contributed by atoms with Gasteiger partial charge in [0, 0.05) is 23.9 Å². The number of imidazole rings is 1. The van der Waals surface area contributed by atoms with Gasteiger partial charge in [-0.25, -0.2) is 9.37 Å². The van der Waals surface area contributed by atoms with E-state index in [-0.39, 0.29) is 11.7 Å². The summed E-state index contributed by atoms with van der Waals surface area (Å²) in [5.74, 6) is 1.26. The van der Waals surface area contributed by atoms with Crippen LogP contribution in [-0.2, 0) is 11.2 Å². The van der Waals surface area contributed by atoms with Gasteiger partial charge >= 0.3 is 0 Å². The van der Waals surface area contributed by atoms with E-state index < -0.39 is 0 Å². The molecule has 2 heterocycles. The molecular weight excluding hydrogens is 333 g/mol. The summed E-state index contributed by atoms with van der Waals surface area (Å²) in [7, 11) is 0. The van der Waals surface area contributed by atoms with Crippen LogP contribution in [0.2, 0.25) is 0 Å². The number of fused-ring (bicyclic) bond motifs is 2. The largest absolute Gasteiger partial charge is 0.461 e. The molecule has 0 unspecified atom stereocenters. The van der Waals surface area contributed by atoms with E-state index in [1.165, 1.54) is 12.1 Å². The number of benzene rings is 2. The molecule has 4 aromatic rings. The molecule has 0 aliphatic rings. The number of halogens is 1. The lowest BCUT2D eigenvalue weighted by molar-refractivity contribution is -0.116. The van der Waals surface area contributed by atoms with Crippen molar-refractivity contribution in [2.45, 2.75) is 26.2 Å². The summed E-state index contributed by atoms with van der Waals surface area (Å²) in [4.78, 5) is 19.6. The van der Waals surface area contributed by atoms with E-state index in [1.54, 1.807) is 6.07 Å². The molecule has 132 valence electrons. The zero-order valence-electron chi connectivity index (χ0n) is 14.3. The van der Waals surface area contributed by atoms with Crippen LogP contribution in [0.4, 0.5) is 10.1 Å². The van der Waals surface area contributed by atoms with Crippen molar-refractivity contribution in [1.82, 2.24) is 9.97 Å². The van der Waals surface area contributed by atoms with Gasteiger partial charge in [-0.3, -0.25) is 4.79 Å². The van der Waals surface area contributed by atoms with Gasteiger partial charge in [0.05, 0.1) is 11.0 Å². The van der Waals surface area contributed by atoms with Crippen LogP contribution in [0.15, 0.2) is 46.9 Å². The van der Waals surface area contributed by atoms with Crippen molar-refractivity contribution in [1.29, 1.82) is 0 Å². The molecule has 0 bridgehead atoms. The van der Waals surface area contributed by atoms with E-state index in [4.69, 9.17) is 4.42 Å². The third kappa shape index (κ3) is 3.44. The number of carbonyl (C=O) groups excluding carboxylic acids is 1. The number of furan rings is 1. The number of nitrogens with zero attached hydrogens (tertiary/aromatic N) is 1. The monoisotopic (exact) mass is 351 g/mol. The average molecular weight is 351 g/mol. The highest BCUT2D eigenvalue weighted by Gasteiger charge is 2.08. The van der Waals surface area contributed by atoms with Crippen molar-refractivity contribution >= 4 is 33.6 Å². The molecule has 26 heavy (non-hydrogen) atoms. The van der Waals surface area contributed by atoms with Crippen LogP contribution >= 0.6 is 0 Å². The van der Waals surface area contributed by atoms with Crippen LogP contribution in [0.5, 0.6) is 0 Å². The summed E-state index contributed by atoms with van der Waals surface area (Å²) in [5.41, 5.74) is 2.96. The molecule has 0 radical (unpaired) electrons. The highest BCUT2D eigenvalue weighted by atomic mass is 19.1. The molecule has 0 fully saturated rings. The minimum Gasteiger partial charge on any atom is -0.461 e. The molecular formula is C20H18FN3O2. The van der Waals surface area contributed by atoms with E-state index in [0.717, 1.165) is 33.8 Å². The number of hydrogen-bond donors (Lipinski definition) is 2. The van der Waals surface area contributed by atoms with Crippen molar-refractivity contribution in [3.63, 3.8) is 0 Å². The van der Waals surface area contributed by atoms with Crippen LogP contribution < -0.4 is 5.32 Å². The Balaban J connectivity index is 1.33. The molecule has 0 aliphatic heterocycles. The van der Waals surface area contributed by atoms with Gasteiger partial charge in [0.2, 0.25) is 5.91 Å². The molecule has 0 spiro atoms. The fourth-order valence-corrected chi connectivity index (χ4v) is 3.05. The second-order valence-corrected chi connectivity index (χ2v) is 6.36. The van der Waals surface area contributed by atoms with E-state index in [1.807, 2.05) is 31.2 Å². The van der Waals surface area contributed by atoms with E-state index >= 15 is 0 Å². The molecule has 0 saturated carbocycles. The maximum absolute atomic E-state index is 13.2. The maximum atomic E-state index is 13.2. The number of carbonyl (C=O) groups is 1. The Morgan fingerprint density at radius 1 is 1.23 bits per heavy atom. The first-order valence-electron chi connectivity index (χ1n) is 8.51. The third-order valence-corrected chi connectivity index (χ3v) is 4.23. The van der Waals surface area contributed by atoms with Crippen LogP contribution in [0.3, 0.4) is 0 Å². The minimum atomic E-state index is -0.295. The van der Waals surface area contributed by atoms with Crippen molar-refractivity contribution < 1.29 is 13.6 Å². The number of amides is 1. The molecule has 2 N–H and O–H groups in total. The highest BCUT2D eigenvalue weighted by Crippen LogP contribution is 2.23. The lowest BCUT2D eigenvalue weighted by Crippen LogP contribution is -2.11. The summed E-state index contributed by atoms with van der Waals surface area (Å²) in [6, 6.07) is 12.0. The minimum absolute atomic E-state index is 0.0493. The summed E-state index contributed by atoms with van der Waals surface area (Å²) in [6.45, 7) is 1.89. The number of H-pyrrole nitrogens is 1. The van der Waals surface area contributed by atoms with Crippen molar-refractivity contribution in [3.8, 4) is 0 Å². The smallest absolute Gasteiger partial charge is 0.224 e. The van der Waals surface area contributed by atoms with Gasteiger partial charge < -0.3 is 14.7 Å². The SMILES string of the molecule is Cc1cc2cc(NC(=O)CCCc3nc4ccc(F)cc4[nH]3)ccc2o1. The number of hydrogen-bond acceptors (Lipinski definition) is 3. The summed E-state index contributed by atoms with van der Waals surface area (Å²) >= 11 is 0.